The van der Waals surface area contributed by atoms with E-state index in [4.69, 9.17) is 14.6 Å². The van der Waals surface area contributed by atoms with Crippen LogP contribution < -0.4 is 5.32 Å². The van der Waals surface area contributed by atoms with Crippen LogP contribution in [0.25, 0.3) is 11.3 Å². The van der Waals surface area contributed by atoms with Gasteiger partial charge in [0.2, 0.25) is 0 Å². The number of aromatic nitrogens is 3. The largest absolute Gasteiger partial charge is 0.490 e. The van der Waals surface area contributed by atoms with Gasteiger partial charge in [-0.2, -0.15) is 24.5 Å². The van der Waals surface area contributed by atoms with E-state index >= 15 is 0 Å². The van der Waals surface area contributed by atoms with E-state index in [1.807, 2.05) is 10.7 Å². The maximum Gasteiger partial charge on any atom is 0.490 e. The van der Waals surface area contributed by atoms with E-state index in [9.17, 15) is 17.6 Å². The summed E-state index contributed by atoms with van der Waals surface area (Å²) in [6.45, 7) is 2.67. The van der Waals surface area contributed by atoms with Crippen LogP contribution in [-0.4, -0.2) is 44.9 Å². The van der Waals surface area contributed by atoms with Gasteiger partial charge < -0.3 is 15.2 Å². The van der Waals surface area contributed by atoms with Crippen LogP contribution in [0.1, 0.15) is 11.3 Å². The van der Waals surface area contributed by atoms with E-state index in [0.717, 1.165) is 24.3 Å². The lowest BCUT2D eigenvalue weighted by atomic mass is 10.1. The number of hydrogen-bond acceptors (Lipinski definition) is 6. The van der Waals surface area contributed by atoms with E-state index in [1.165, 1.54) is 17.7 Å². The molecule has 2 N–H and O–H groups in total. The molecule has 0 spiro atoms. The number of alkyl halides is 3. The highest BCUT2D eigenvalue weighted by molar-refractivity contribution is 7.07. The average molecular weight is 458 g/mol. The molecular formula is C19H18F4N4O3S. The molecule has 0 bridgehead atoms. The lowest BCUT2D eigenvalue weighted by molar-refractivity contribution is -0.192. The van der Waals surface area contributed by atoms with Crippen molar-refractivity contribution in [3.63, 3.8) is 0 Å². The number of hydrogen-bond donors (Lipinski definition) is 2. The number of aliphatic carboxylic acids is 1. The highest BCUT2D eigenvalue weighted by Gasteiger charge is 2.38. The van der Waals surface area contributed by atoms with Gasteiger partial charge in [-0.3, -0.25) is 0 Å². The molecule has 166 valence electrons. The van der Waals surface area contributed by atoms with Gasteiger partial charge in [-0.05, 0) is 34.5 Å². The Morgan fingerprint density at radius 2 is 2.13 bits per heavy atom. The molecule has 2 aromatic heterocycles. The van der Waals surface area contributed by atoms with Crippen LogP contribution in [0.3, 0.4) is 0 Å². The Morgan fingerprint density at radius 1 is 1.35 bits per heavy atom. The van der Waals surface area contributed by atoms with Gasteiger partial charge >= 0.3 is 12.1 Å². The number of thiophene rings is 1. The maximum atomic E-state index is 13.4. The predicted octanol–water partition coefficient (Wildman–Crippen LogP) is 3.47. The quantitative estimate of drug-likeness (QED) is 0.570. The summed E-state index contributed by atoms with van der Waals surface area (Å²) in [6, 6.07) is 8.52. The van der Waals surface area contributed by atoms with Crippen LogP contribution in [0.4, 0.5) is 17.6 Å². The lowest BCUT2D eigenvalue weighted by Crippen LogP contribution is -2.36. The van der Waals surface area contributed by atoms with Crippen molar-refractivity contribution in [3.05, 3.63) is 58.2 Å². The van der Waals surface area contributed by atoms with Crippen LogP contribution in [-0.2, 0) is 29.2 Å². The van der Waals surface area contributed by atoms with Crippen LogP contribution in [0.2, 0.25) is 0 Å². The zero-order chi connectivity index (χ0) is 22.4. The average Bonchev–Trinajstić information content (AvgIpc) is 3.37. The number of benzene rings is 1. The number of nitrogens with zero attached hydrogens (tertiary/aromatic N) is 3. The zero-order valence-corrected chi connectivity index (χ0v) is 16.8. The second-order valence-electron chi connectivity index (χ2n) is 6.58. The first kappa shape index (κ1) is 22.8. The zero-order valence-electron chi connectivity index (χ0n) is 16.0. The van der Waals surface area contributed by atoms with Crippen LogP contribution in [0.15, 0.2) is 41.1 Å². The summed E-state index contributed by atoms with van der Waals surface area (Å²) < 4.78 is 52.9. The molecule has 1 unspecified atom stereocenters. The molecule has 0 radical (unpaired) electrons. The molecule has 31 heavy (non-hydrogen) atoms. The van der Waals surface area contributed by atoms with E-state index in [-0.39, 0.29) is 11.9 Å². The third-order valence-corrected chi connectivity index (χ3v) is 5.02. The van der Waals surface area contributed by atoms with Crippen molar-refractivity contribution < 1.29 is 32.2 Å². The predicted molar refractivity (Wildman–Crippen MR) is 104 cm³/mol. The minimum atomic E-state index is -5.08. The number of nitrogens with one attached hydrogen (secondary N) is 1. The summed E-state index contributed by atoms with van der Waals surface area (Å²) >= 11 is 1.70. The number of carboxylic acid groups (broad SMARTS) is 1. The molecule has 4 rings (SSSR count). The summed E-state index contributed by atoms with van der Waals surface area (Å²) in [7, 11) is 0. The van der Waals surface area contributed by atoms with Crippen molar-refractivity contribution in [1.82, 2.24) is 20.3 Å². The van der Waals surface area contributed by atoms with Crippen molar-refractivity contribution in [2.24, 2.45) is 0 Å². The third kappa shape index (κ3) is 6.32. The Kier molecular flexibility index (Phi) is 7.36. The molecule has 12 heteroatoms. The van der Waals surface area contributed by atoms with E-state index in [1.54, 1.807) is 17.4 Å². The Labute approximate surface area is 178 Å². The van der Waals surface area contributed by atoms with E-state index in [2.05, 4.69) is 32.5 Å². The summed E-state index contributed by atoms with van der Waals surface area (Å²) in [5.74, 6) is -3.03. The van der Waals surface area contributed by atoms with Gasteiger partial charge in [0, 0.05) is 18.7 Å². The lowest BCUT2D eigenvalue weighted by Gasteiger charge is -2.24. The van der Waals surface area contributed by atoms with Crippen LogP contribution in [0, 0.1) is 5.82 Å². The highest BCUT2D eigenvalue weighted by Crippen LogP contribution is 2.25. The van der Waals surface area contributed by atoms with E-state index < -0.39 is 12.1 Å². The first-order valence-corrected chi connectivity index (χ1v) is 10.00. The monoisotopic (exact) mass is 458 g/mol. The van der Waals surface area contributed by atoms with Gasteiger partial charge in [0.05, 0.1) is 24.9 Å². The Hall–Kier alpha value is -2.83. The highest BCUT2D eigenvalue weighted by atomic mass is 32.1. The number of carbonyl (C=O) groups is 1. The van der Waals surface area contributed by atoms with Crippen molar-refractivity contribution in [1.29, 1.82) is 0 Å². The van der Waals surface area contributed by atoms with Crippen molar-refractivity contribution in [3.8, 4) is 11.3 Å². The maximum absolute atomic E-state index is 13.4. The first-order chi connectivity index (χ1) is 14.7. The number of ether oxygens (including phenoxy) is 1. The van der Waals surface area contributed by atoms with Gasteiger partial charge in [-0.1, -0.05) is 17.3 Å². The molecule has 1 aromatic carbocycles. The molecule has 3 heterocycles. The van der Waals surface area contributed by atoms with Gasteiger partial charge in [-0.25, -0.2) is 13.9 Å². The molecule has 1 atom stereocenters. The number of carboxylic acids is 1. The molecule has 0 saturated carbocycles. The molecule has 1 aliphatic heterocycles. The van der Waals surface area contributed by atoms with Crippen LogP contribution >= 0.6 is 11.3 Å². The van der Waals surface area contributed by atoms with Gasteiger partial charge in [-0.15, -0.1) is 5.10 Å². The molecule has 7 nitrogen and oxygen atoms in total. The minimum Gasteiger partial charge on any atom is -0.475 e. The summed E-state index contributed by atoms with van der Waals surface area (Å²) in [5.41, 5.74) is 3.60. The fourth-order valence-electron chi connectivity index (χ4n) is 2.82. The normalized spacial score (nSPS) is 15.7. The smallest absolute Gasteiger partial charge is 0.475 e. The topological polar surface area (TPSA) is 89.3 Å². The van der Waals surface area contributed by atoms with E-state index in [0.29, 0.717) is 18.8 Å². The second kappa shape index (κ2) is 9.98. The van der Waals surface area contributed by atoms with Crippen molar-refractivity contribution in [2.75, 3.05) is 6.54 Å². The van der Waals surface area contributed by atoms with Gasteiger partial charge in [0.25, 0.3) is 0 Å². The molecule has 0 fully saturated rings. The van der Waals surface area contributed by atoms with Gasteiger partial charge in [0.15, 0.2) is 0 Å². The SMILES string of the molecule is Fc1cccc(-c2nnn3c2COC(CNCc2ccsc2)C3)c1.O=C(O)C(F)(F)F. The summed E-state index contributed by atoms with van der Waals surface area (Å²) in [6.07, 6.45) is -5.03. The van der Waals surface area contributed by atoms with Crippen LogP contribution in [0.5, 0.6) is 0 Å². The number of halogens is 4. The molecule has 0 amide bonds. The molecular weight excluding hydrogens is 440 g/mol. The number of rotatable bonds is 5. The van der Waals surface area contributed by atoms with Crippen molar-refractivity contribution >= 4 is 17.3 Å². The molecule has 1 aliphatic rings. The minimum absolute atomic E-state index is 0.0539. The summed E-state index contributed by atoms with van der Waals surface area (Å²) in [4.78, 5) is 8.90. The third-order valence-electron chi connectivity index (χ3n) is 4.29. The fraction of sp³-hybridized carbons (Fsp3) is 0.316. The van der Waals surface area contributed by atoms with Crippen molar-refractivity contribution in [2.45, 2.75) is 32.0 Å². The standard InChI is InChI=1S/C17H17FN4OS.C2HF3O2/c18-14-3-1-2-13(6-14)17-16-10-23-15(9-22(16)21-20-17)8-19-7-12-4-5-24-11-12;3-2(4,5)1(6)7/h1-6,11,15,19H,7-10H2;(H,6,7). The fourth-order valence-corrected chi connectivity index (χ4v) is 3.49. The Bertz CT molecular complexity index is 1010. The first-order valence-electron chi connectivity index (χ1n) is 9.06. The summed E-state index contributed by atoms with van der Waals surface area (Å²) in [5, 5.41) is 23.2. The molecule has 0 aliphatic carbocycles. The second-order valence-corrected chi connectivity index (χ2v) is 7.36. The molecule has 3 aromatic rings. The number of fused-ring (bicyclic) bond motifs is 1. The molecule has 0 saturated heterocycles. The van der Waals surface area contributed by atoms with Gasteiger partial charge in [0.1, 0.15) is 11.5 Å². The Balaban J connectivity index is 0.000000339. The Morgan fingerprint density at radius 3 is 2.77 bits per heavy atom.